The van der Waals surface area contributed by atoms with Crippen molar-refractivity contribution in [2.75, 3.05) is 17.8 Å². The lowest BCUT2D eigenvalue weighted by Gasteiger charge is -2.05. The van der Waals surface area contributed by atoms with E-state index in [0.29, 0.717) is 12.2 Å². The molecule has 7 nitrogen and oxygen atoms in total. The largest absolute Gasteiger partial charge is 0.315 e. The highest BCUT2D eigenvalue weighted by atomic mass is 32.2. The number of nitrogens with zero attached hydrogens (tertiary/aromatic N) is 3. The average molecular weight is 295 g/mol. The molecule has 2 aromatic rings. The minimum atomic E-state index is -3.60. The minimum absolute atomic E-state index is 0.144. The third-order valence-electron chi connectivity index (χ3n) is 2.62. The van der Waals surface area contributed by atoms with E-state index in [-0.39, 0.29) is 4.90 Å². The molecule has 0 saturated carbocycles. The van der Waals surface area contributed by atoms with Crippen LogP contribution in [0.2, 0.25) is 0 Å². The molecular formula is C12H17N5O2S. The molecule has 0 radical (unpaired) electrons. The van der Waals surface area contributed by atoms with E-state index >= 15 is 0 Å². The van der Waals surface area contributed by atoms with E-state index in [4.69, 9.17) is 0 Å². The number of pyridine rings is 1. The molecular weight excluding hydrogens is 278 g/mol. The molecule has 0 saturated heterocycles. The standard InChI is InChI=1S/C12H17N5O2S/c1-2-13-7-8-17-10-12(9-15-17)20(18,19)16-11-3-5-14-6-4-11/h3-6,9-10,13H,2,7-8H2,1H3,(H,14,16). The van der Waals surface area contributed by atoms with E-state index < -0.39 is 10.0 Å². The molecule has 0 atom stereocenters. The predicted octanol–water partition coefficient (Wildman–Crippen LogP) is 0.688. The van der Waals surface area contributed by atoms with Crippen molar-refractivity contribution >= 4 is 15.7 Å². The van der Waals surface area contributed by atoms with Gasteiger partial charge in [0.2, 0.25) is 0 Å². The van der Waals surface area contributed by atoms with Gasteiger partial charge in [0.1, 0.15) is 4.90 Å². The van der Waals surface area contributed by atoms with Crippen molar-refractivity contribution in [3.05, 3.63) is 36.9 Å². The Hall–Kier alpha value is -1.93. The van der Waals surface area contributed by atoms with E-state index in [9.17, 15) is 8.42 Å². The summed E-state index contributed by atoms with van der Waals surface area (Å²) in [6, 6.07) is 3.18. The first-order valence-corrected chi connectivity index (χ1v) is 7.76. The van der Waals surface area contributed by atoms with Gasteiger partial charge in [-0.1, -0.05) is 6.92 Å². The molecule has 2 aromatic heterocycles. The van der Waals surface area contributed by atoms with Gasteiger partial charge in [0.05, 0.1) is 18.4 Å². The summed E-state index contributed by atoms with van der Waals surface area (Å²) < 4.78 is 28.4. The second-order valence-corrected chi connectivity index (χ2v) is 5.82. The van der Waals surface area contributed by atoms with Gasteiger partial charge in [-0.3, -0.25) is 14.4 Å². The first-order valence-electron chi connectivity index (χ1n) is 6.28. The summed E-state index contributed by atoms with van der Waals surface area (Å²) >= 11 is 0. The molecule has 0 aliphatic rings. The van der Waals surface area contributed by atoms with E-state index in [0.717, 1.165) is 13.1 Å². The van der Waals surface area contributed by atoms with Crippen LogP contribution < -0.4 is 10.0 Å². The summed E-state index contributed by atoms with van der Waals surface area (Å²) in [5.41, 5.74) is 0.473. The quantitative estimate of drug-likeness (QED) is 0.734. The molecule has 8 heteroatoms. The monoisotopic (exact) mass is 295 g/mol. The minimum Gasteiger partial charge on any atom is -0.315 e. The summed E-state index contributed by atoms with van der Waals surface area (Å²) in [4.78, 5) is 3.98. The first-order chi connectivity index (χ1) is 9.62. The van der Waals surface area contributed by atoms with Gasteiger partial charge >= 0.3 is 0 Å². The molecule has 0 fully saturated rings. The molecule has 0 aromatic carbocycles. The highest BCUT2D eigenvalue weighted by molar-refractivity contribution is 7.92. The lowest BCUT2D eigenvalue weighted by molar-refractivity contribution is 0.564. The van der Waals surface area contributed by atoms with Gasteiger partial charge in [0.25, 0.3) is 10.0 Å². The van der Waals surface area contributed by atoms with Crippen molar-refractivity contribution in [3.63, 3.8) is 0 Å². The van der Waals surface area contributed by atoms with Gasteiger partial charge in [-0.15, -0.1) is 0 Å². The summed E-state index contributed by atoms with van der Waals surface area (Å²) in [5, 5.41) is 7.19. The second kappa shape index (κ2) is 6.49. The fourth-order valence-electron chi connectivity index (χ4n) is 1.61. The molecule has 2 heterocycles. The number of nitrogens with one attached hydrogen (secondary N) is 2. The number of hydrogen-bond donors (Lipinski definition) is 2. The summed E-state index contributed by atoms with van der Waals surface area (Å²) in [6.07, 6.45) is 5.91. The Kier molecular flexibility index (Phi) is 4.70. The fraction of sp³-hybridized carbons (Fsp3) is 0.333. The maximum atomic E-state index is 12.1. The van der Waals surface area contributed by atoms with Gasteiger partial charge in [0, 0.05) is 25.1 Å². The highest BCUT2D eigenvalue weighted by Crippen LogP contribution is 2.14. The lowest BCUT2D eigenvalue weighted by Crippen LogP contribution is -2.19. The summed E-state index contributed by atoms with van der Waals surface area (Å²) in [5.74, 6) is 0. The molecule has 0 amide bonds. The Labute approximate surface area is 118 Å². The van der Waals surface area contributed by atoms with Crippen LogP contribution >= 0.6 is 0 Å². The van der Waals surface area contributed by atoms with Gasteiger partial charge in [0.15, 0.2) is 0 Å². The Morgan fingerprint density at radius 2 is 2.05 bits per heavy atom. The maximum Gasteiger partial charge on any atom is 0.265 e. The van der Waals surface area contributed by atoms with Gasteiger partial charge in [-0.05, 0) is 18.7 Å². The Morgan fingerprint density at radius 3 is 2.75 bits per heavy atom. The van der Waals surface area contributed by atoms with Gasteiger partial charge < -0.3 is 5.32 Å². The number of aromatic nitrogens is 3. The first kappa shape index (κ1) is 14.5. The van der Waals surface area contributed by atoms with Crippen molar-refractivity contribution < 1.29 is 8.42 Å². The van der Waals surface area contributed by atoms with Crippen LogP contribution in [0.15, 0.2) is 41.8 Å². The number of anilines is 1. The molecule has 108 valence electrons. The Bertz CT molecular complexity index is 639. The third-order valence-corrected chi connectivity index (χ3v) is 3.96. The van der Waals surface area contributed by atoms with Crippen molar-refractivity contribution in [1.82, 2.24) is 20.1 Å². The zero-order chi connectivity index (χ0) is 14.4. The van der Waals surface area contributed by atoms with Crippen LogP contribution in [0.3, 0.4) is 0 Å². The molecule has 0 unspecified atom stereocenters. The SMILES string of the molecule is CCNCCn1cc(S(=O)(=O)Nc2ccncc2)cn1. The average Bonchev–Trinajstić information content (AvgIpc) is 2.89. The van der Waals surface area contributed by atoms with Gasteiger partial charge in [-0.2, -0.15) is 5.10 Å². The Balaban J connectivity index is 2.06. The number of sulfonamides is 1. The van der Waals surface area contributed by atoms with Crippen molar-refractivity contribution in [3.8, 4) is 0 Å². The lowest BCUT2D eigenvalue weighted by atomic mass is 10.4. The van der Waals surface area contributed by atoms with Crippen molar-refractivity contribution in [2.45, 2.75) is 18.4 Å². The van der Waals surface area contributed by atoms with Crippen molar-refractivity contribution in [1.29, 1.82) is 0 Å². The molecule has 0 aliphatic carbocycles. The molecule has 0 aliphatic heterocycles. The number of hydrogen-bond acceptors (Lipinski definition) is 5. The van der Waals surface area contributed by atoms with Crippen LogP contribution in [0.5, 0.6) is 0 Å². The van der Waals surface area contributed by atoms with Crippen LogP contribution in [-0.4, -0.2) is 36.3 Å². The van der Waals surface area contributed by atoms with Crippen LogP contribution in [0.25, 0.3) is 0 Å². The normalized spacial score (nSPS) is 11.4. The van der Waals surface area contributed by atoms with Crippen LogP contribution in [-0.2, 0) is 16.6 Å². The van der Waals surface area contributed by atoms with Gasteiger partial charge in [-0.25, -0.2) is 8.42 Å². The maximum absolute atomic E-state index is 12.1. The molecule has 0 bridgehead atoms. The van der Waals surface area contributed by atoms with E-state index in [1.54, 1.807) is 16.8 Å². The fourth-order valence-corrected chi connectivity index (χ4v) is 2.62. The topological polar surface area (TPSA) is 88.9 Å². The van der Waals surface area contributed by atoms with Crippen LogP contribution in [0, 0.1) is 0 Å². The summed E-state index contributed by atoms with van der Waals surface area (Å²) in [6.45, 7) is 4.25. The molecule has 0 spiro atoms. The highest BCUT2D eigenvalue weighted by Gasteiger charge is 2.16. The number of rotatable bonds is 7. The smallest absolute Gasteiger partial charge is 0.265 e. The van der Waals surface area contributed by atoms with Crippen molar-refractivity contribution in [2.24, 2.45) is 0 Å². The predicted molar refractivity (Wildman–Crippen MR) is 75.8 cm³/mol. The van der Waals surface area contributed by atoms with E-state index in [1.165, 1.54) is 24.8 Å². The van der Waals surface area contributed by atoms with Crippen LogP contribution in [0.4, 0.5) is 5.69 Å². The van der Waals surface area contributed by atoms with E-state index in [1.807, 2.05) is 6.92 Å². The van der Waals surface area contributed by atoms with Crippen LogP contribution in [0.1, 0.15) is 6.92 Å². The zero-order valence-electron chi connectivity index (χ0n) is 11.2. The number of likely N-dealkylation sites (N-methyl/N-ethyl adjacent to an activating group) is 1. The zero-order valence-corrected chi connectivity index (χ0v) is 12.0. The molecule has 2 rings (SSSR count). The third kappa shape index (κ3) is 3.78. The second-order valence-electron chi connectivity index (χ2n) is 4.13. The Morgan fingerprint density at radius 1 is 1.30 bits per heavy atom. The molecule has 2 N–H and O–H groups in total. The van der Waals surface area contributed by atoms with E-state index in [2.05, 4.69) is 20.1 Å². The molecule has 20 heavy (non-hydrogen) atoms. The summed E-state index contributed by atoms with van der Waals surface area (Å²) in [7, 11) is -3.60.